The van der Waals surface area contributed by atoms with Gasteiger partial charge < -0.3 is 14.5 Å². The summed E-state index contributed by atoms with van der Waals surface area (Å²) in [6.45, 7) is 9.31. The van der Waals surface area contributed by atoms with Gasteiger partial charge in [0.15, 0.2) is 0 Å². The van der Waals surface area contributed by atoms with E-state index < -0.39 is 0 Å². The summed E-state index contributed by atoms with van der Waals surface area (Å²) in [5.74, 6) is 0.885. The summed E-state index contributed by atoms with van der Waals surface area (Å²) in [4.78, 5) is 32.3. The van der Waals surface area contributed by atoms with E-state index in [1.807, 2.05) is 41.0 Å². The van der Waals surface area contributed by atoms with Crippen LogP contribution < -0.4 is 4.74 Å². The Balaban J connectivity index is 1.82. The molecule has 0 unspecified atom stereocenters. The molecular weight excluding hydrogens is 354 g/mol. The van der Waals surface area contributed by atoms with Crippen LogP contribution in [0, 0.1) is 5.92 Å². The van der Waals surface area contributed by atoms with Crippen LogP contribution in [-0.4, -0.2) is 72.9 Å². The molecule has 0 aliphatic carbocycles. The molecule has 2 saturated heterocycles. The molecule has 154 valence electrons. The fraction of sp³-hybridized carbons (Fsp3) is 0.636. The van der Waals surface area contributed by atoms with E-state index in [2.05, 4.69) is 11.8 Å². The van der Waals surface area contributed by atoms with Crippen molar-refractivity contribution in [2.24, 2.45) is 5.92 Å². The van der Waals surface area contributed by atoms with E-state index in [9.17, 15) is 9.59 Å². The van der Waals surface area contributed by atoms with Crippen LogP contribution >= 0.6 is 0 Å². The first-order valence-electron chi connectivity index (χ1n) is 10.5. The molecule has 0 bridgehead atoms. The minimum Gasteiger partial charge on any atom is -0.497 e. The van der Waals surface area contributed by atoms with Crippen LogP contribution in [0.25, 0.3) is 0 Å². The van der Waals surface area contributed by atoms with E-state index in [4.69, 9.17) is 4.74 Å². The Bertz CT molecular complexity index is 685. The predicted molar refractivity (Wildman–Crippen MR) is 109 cm³/mol. The van der Waals surface area contributed by atoms with E-state index in [1.165, 1.54) is 0 Å². The molecule has 2 heterocycles. The van der Waals surface area contributed by atoms with Gasteiger partial charge in [0.05, 0.1) is 19.1 Å². The van der Waals surface area contributed by atoms with Crippen molar-refractivity contribution in [1.29, 1.82) is 0 Å². The molecule has 0 saturated carbocycles. The fourth-order valence-electron chi connectivity index (χ4n) is 4.56. The Hall–Kier alpha value is -2.08. The highest BCUT2D eigenvalue weighted by molar-refractivity contribution is 5.85. The first-order valence-corrected chi connectivity index (χ1v) is 10.5. The average Bonchev–Trinajstić information content (AvgIpc) is 2.73. The van der Waals surface area contributed by atoms with Crippen LogP contribution in [0.1, 0.15) is 44.7 Å². The molecular formula is C22H33N3O3. The molecule has 3 rings (SSSR count). The number of methoxy groups -OCH3 is 1. The molecule has 0 radical (unpaired) electrons. The molecule has 2 amide bonds. The number of carbonyl (C=O) groups is 2. The van der Waals surface area contributed by atoms with Gasteiger partial charge in [0.1, 0.15) is 5.75 Å². The number of amides is 2. The predicted octanol–water partition coefficient (Wildman–Crippen LogP) is 2.55. The minimum absolute atomic E-state index is 0.132. The third-order valence-electron chi connectivity index (χ3n) is 6.02. The zero-order valence-electron chi connectivity index (χ0n) is 17.4. The highest BCUT2D eigenvalue weighted by atomic mass is 16.5. The van der Waals surface area contributed by atoms with Gasteiger partial charge in [0.25, 0.3) is 0 Å². The monoisotopic (exact) mass is 387 g/mol. The van der Waals surface area contributed by atoms with Crippen LogP contribution in [0.3, 0.4) is 0 Å². The second kappa shape index (κ2) is 9.41. The molecule has 28 heavy (non-hydrogen) atoms. The van der Waals surface area contributed by atoms with Gasteiger partial charge >= 0.3 is 0 Å². The van der Waals surface area contributed by atoms with Crippen molar-refractivity contribution in [2.45, 2.75) is 39.2 Å². The zero-order valence-corrected chi connectivity index (χ0v) is 17.4. The van der Waals surface area contributed by atoms with Crippen LogP contribution in [0.15, 0.2) is 24.3 Å². The van der Waals surface area contributed by atoms with Crippen LogP contribution in [0.5, 0.6) is 5.75 Å². The molecule has 1 aromatic carbocycles. The topological polar surface area (TPSA) is 53.1 Å². The fourth-order valence-corrected chi connectivity index (χ4v) is 4.56. The van der Waals surface area contributed by atoms with Crippen molar-refractivity contribution in [2.75, 3.05) is 46.4 Å². The summed E-state index contributed by atoms with van der Waals surface area (Å²) in [6, 6.07) is 7.59. The number of likely N-dealkylation sites (tertiary alicyclic amines) is 1. The molecule has 6 nitrogen and oxygen atoms in total. The van der Waals surface area contributed by atoms with Crippen LogP contribution in [0.4, 0.5) is 0 Å². The van der Waals surface area contributed by atoms with Crippen molar-refractivity contribution < 1.29 is 14.3 Å². The Kier molecular flexibility index (Phi) is 6.94. The number of piperazine rings is 1. The number of nitrogens with zero attached hydrogens (tertiary/aromatic N) is 3. The maximum Gasteiger partial charge on any atom is 0.228 e. The van der Waals surface area contributed by atoms with Crippen molar-refractivity contribution in [1.82, 2.24) is 14.7 Å². The summed E-state index contributed by atoms with van der Waals surface area (Å²) in [5, 5.41) is 0. The second-order valence-corrected chi connectivity index (χ2v) is 7.71. The van der Waals surface area contributed by atoms with E-state index >= 15 is 0 Å². The summed E-state index contributed by atoms with van der Waals surface area (Å²) in [6.07, 6.45) is 2.20. The number of hydrogen-bond acceptors (Lipinski definition) is 4. The van der Waals surface area contributed by atoms with Gasteiger partial charge in [-0.15, -0.1) is 0 Å². The largest absolute Gasteiger partial charge is 0.497 e. The number of ether oxygens (including phenoxy) is 1. The van der Waals surface area contributed by atoms with Gasteiger partial charge in [-0.2, -0.15) is 0 Å². The summed E-state index contributed by atoms with van der Waals surface area (Å²) in [5.41, 5.74) is 0.984. The number of piperidine rings is 1. The van der Waals surface area contributed by atoms with Gasteiger partial charge in [-0.3, -0.25) is 14.5 Å². The van der Waals surface area contributed by atoms with Crippen molar-refractivity contribution >= 4 is 11.8 Å². The molecule has 0 aromatic heterocycles. The lowest BCUT2D eigenvalue weighted by atomic mass is 9.83. The molecule has 0 N–H and O–H groups in total. The molecule has 1 aromatic rings. The smallest absolute Gasteiger partial charge is 0.228 e. The number of carbonyl (C=O) groups excluding carboxylic acids is 2. The zero-order chi connectivity index (χ0) is 20.1. The van der Waals surface area contributed by atoms with Gasteiger partial charge in [-0.05, 0) is 44.0 Å². The standard InChI is InChI=1S/C22H33N3O3/c1-4-11-23-12-14-24(15-13-23)22(27)19-9-10-20(26)25(5-2)21(19)17-7-6-8-18(16-17)28-3/h6-8,16,19,21H,4-5,9-15H2,1-3H3/t19-,21+/m1/s1. The molecule has 0 spiro atoms. The number of rotatable bonds is 6. The Morgan fingerprint density at radius 2 is 1.93 bits per heavy atom. The van der Waals surface area contributed by atoms with Crippen molar-refractivity contribution in [3.63, 3.8) is 0 Å². The Labute approximate surface area is 168 Å². The first kappa shape index (κ1) is 20.6. The minimum atomic E-state index is -0.220. The number of benzene rings is 1. The van der Waals surface area contributed by atoms with Crippen LogP contribution in [0.2, 0.25) is 0 Å². The molecule has 2 aliphatic heterocycles. The van der Waals surface area contributed by atoms with Crippen molar-refractivity contribution in [3.8, 4) is 5.75 Å². The Morgan fingerprint density at radius 1 is 1.18 bits per heavy atom. The summed E-state index contributed by atoms with van der Waals surface area (Å²) >= 11 is 0. The Morgan fingerprint density at radius 3 is 2.57 bits per heavy atom. The average molecular weight is 388 g/mol. The molecule has 2 atom stereocenters. The summed E-state index contributed by atoms with van der Waals surface area (Å²) < 4.78 is 5.38. The van der Waals surface area contributed by atoms with Gasteiger partial charge in [0, 0.05) is 39.1 Å². The highest BCUT2D eigenvalue weighted by Gasteiger charge is 2.42. The third-order valence-corrected chi connectivity index (χ3v) is 6.02. The van der Waals surface area contributed by atoms with Gasteiger partial charge in [0.2, 0.25) is 11.8 Å². The lowest BCUT2D eigenvalue weighted by molar-refractivity contribution is -0.148. The highest BCUT2D eigenvalue weighted by Crippen LogP contribution is 2.38. The second-order valence-electron chi connectivity index (χ2n) is 7.71. The van der Waals surface area contributed by atoms with E-state index in [1.54, 1.807) is 7.11 Å². The molecule has 2 fully saturated rings. The lowest BCUT2D eigenvalue weighted by Gasteiger charge is -2.43. The summed E-state index contributed by atoms with van der Waals surface area (Å²) in [7, 11) is 1.64. The molecule has 2 aliphatic rings. The first-order chi connectivity index (χ1) is 13.6. The normalized spacial score (nSPS) is 23.8. The quantitative estimate of drug-likeness (QED) is 0.753. The maximum atomic E-state index is 13.5. The van der Waals surface area contributed by atoms with E-state index in [-0.39, 0.29) is 23.8 Å². The third kappa shape index (κ3) is 4.32. The maximum absolute atomic E-state index is 13.5. The van der Waals surface area contributed by atoms with E-state index in [0.717, 1.165) is 50.5 Å². The van der Waals surface area contributed by atoms with Gasteiger partial charge in [-0.25, -0.2) is 0 Å². The van der Waals surface area contributed by atoms with E-state index in [0.29, 0.717) is 19.4 Å². The molecule has 6 heteroatoms. The lowest BCUT2D eigenvalue weighted by Crippen LogP contribution is -2.54. The van der Waals surface area contributed by atoms with Crippen LogP contribution in [-0.2, 0) is 9.59 Å². The SMILES string of the molecule is CCCN1CCN(C(=O)[C@@H]2CCC(=O)N(CC)[C@H]2c2cccc(OC)c2)CC1. The van der Waals surface area contributed by atoms with Crippen molar-refractivity contribution in [3.05, 3.63) is 29.8 Å². The number of hydrogen-bond donors (Lipinski definition) is 0. The van der Waals surface area contributed by atoms with Gasteiger partial charge in [-0.1, -0.05) is 19.1 Å².